The van der Waals surface area contributed by atoms with Crippen molar-refractivity contribution in [2.45, 2.75) is 20.8 Å². The summed E-state index contributed by atoms with van der Waals surface area (Å²) in [5, 5.41) is 0. The first-order valence-corrected chi connectivity index (χ1v) is 7.67. The van der Waals surface area contributed by atoms with Crippen molar-refractivity contribution in [3.8, 4) is 0 Å². The van der Waals surface area contributed by atoms with Gasteiger partial charge in [0.05, 0.1) is 24.3 Å². The zero-order valence-electron chi connectivity index (χ0n) is 14.3. The molecule has 0 fully saturated rings. The van der Waals surface area contributed by atoms with Crippen LogP contribution in [0.15, 0.2) is 41.0 Å². The summed E-state index contributed by atoms with van der Waals surface area (Å²) in [6.45, 7) is 10.3. The zero-order chi connectivity index (χ0) is 17.7. The number of nitrogen functional groups attached to an aromatic ring is 1. The summed E-state index contributed by atoms with van der Waals surface area (Å²) in [6.07, 6.45) is 3.05. The number of rotatable bonds is 5. The van der Waals surface area contributed by atoms with Crippen molar-refractivity contribution in [3.63, 3.8) is 0 Å². The van der Waals surface area contributed by atoms with Crippen molar-refractivity contribution in [3.05, 3.63) is 53.4 Å². The molecule has 5 N–H and O–H groups in total. The van der Waals surface area contributed by atoms with Gasteiger partial charge in [-0.1, -0.05) is 12.6 Å². The van der Waals surface area contributed by atoms with Crippen molar-refractivity contribution in [2.24, 2.45) is 15.7 Å². The largest absolute Gasteiger partial charge is 0.494 e. The Kier molecular flexibility index (Phi) is 5.42. The lowest BCUT2D eigenvalue weighted by Crippen LogP contribution is -2.04. The van der Waals surface area contributed by atoms with Crippen molar-refractivity contribution in [1.29, 1.82) is 0 Å². The monoisotopic (exact) mass is 325 g/mol. The number of H-pyrrole nitrogens is 1. The average molecular weight is 325 g/mol. The molecule has 1 heterocycles. The molecule has 0 aliphatic heterocycles. The van der Waals surface area contributed by atoms with Crippen molar-refractivity contribution < 1.29 is 4.74 Å². The molecule has 1 aromatic carbocycles. The van der Waals surface area contributed by atoms with Crippen LogP contribution in [-0.4, -0.2) is 23.8 Å². The molecule has 0 amide bonds. The first-order valence-electron chi connectivity index (χ1n) is 7.67. The molecular weight excluding hydrogens is 302 g/mol. The Balaban J connectivity index is 2.51. The van der Waals surface area contributed by atoms with E-state index in [9.17, 15) is 0 Å². The van der Waals surface area contributed by atoms with Gasteiger partial charge in [-0.2, -0.15) is 0 Å². The number of nitrogens with zero attached hydrogens (tertiary/aromatic N) is 2. The van der Waals surface area contributed by atoms with Gasteiger partial charge in [0, 0.05) is 17.4 Å². The van der Waals surface area contributed by atoms with E-state index >= 15 is 0 Å². The Morgan fingerprint density at radius 2 is 2.12 bits per heavy atom. The number of aromatic nitrogens is 1. The van der Waals surface area contributed by atoms with Crippen LogP contribution in [0, 0.1) is 13.8 Å². The summed E-state index contributed by atoms with van der Waals surface area (Å²) < 4.78 is 5.48. The number of benzene rings is 1. The first kappa shape index (κ1) is 17.3. The van der Waals surface area contributed by atoms with Gasteiger partial charge in [0.25, 0.3) is 0 Å². The minimum Gasteiger partial charge on any atom is -0.494 e. The minimum absolute atomic E-state index is 0.472. The number of hydrogen-bond acceptors (Lipinski definition) is 3. The molecule has 0 aliphatic carbocycles. The maximum absolute atomic E-state index is 5.85. The Labute approximate surface area is 142 Å². The summed E-state index contributed by atoms with van der Waals surface area (Å²) >= 11 is 0. The van der Waals surface area contributed by atoms with Crippen LogP contribution in [0.25, 0.3) is 5.76 Å². The van der Waals surface area contributed by atoms with Crippen LogP contribution >= 0.6 is 0 Å². The standard InChI is InChI=1S/C18H23N5O/c1-5-24-13(4)15-9-21-17(12(15)3)18(22-10-19)23-16-8-14(20)7-6-11(16)2/h6-10,21H,4-5,20H2,1-3H3,(H2,19,22,23). The Hall–Kier alpha value is -3.02. The molecule has 6 nitrogen and oxygen atoms in total. The van der Waals surface area contributed by atoms with E-state index in [0.717, 1.165) is 28.1 Å². The SMILES string of the molecule is C=C(OCC)c1c[nH]c(C(N=CN)=Nc2cc(N)ccc2C)c1C. The highest BCUT2D eigenvalue weighted by molar-refractivity contribution is 6.04. The second-order valence-corrected chi connectivity index (χ2v) is 5.32. The van der Waals surface area contributed by atoms with Gasteiger partial charge in [-0.3, -0.25) is 0 Å². The van der Waals surface area contributed by atoms with E-state index < -0.39 is 0 Å². The van der Waals surface area contributed by atoms with Crippen molar-refractivity contribution in [1.82, 2.24) is 4.98 Å². The molecule has 0 bridgehead atoms. The second kappa shape index (κ2) is 7.50. The molecule has 1 aromatic heterocycles. The zero-order valence-corrected chi connectivity index (χ0v) is 14.3. The van der Waals surface area contributed by atoms with Crippen LogP contribution in [0.5, 0.6) is 0 Å². The van der Waals surface area contributed by atoms with Gasteiger partial charge in [0.2, 0.25) is 0 Å². The highest BCUT2D eigenvalue weighted by Crippen LogP contribution is 2.26. The Bertz CT molecular complexity index is 802. The first-order chi connectivity index (χ1) is 11.5. The lowest BCUT2D eigenvalue weighted by molar-refractivity contribution is 0.299. The maximum Gasteiger partial charge on any atom is 0.178 e. The summed E-state index contributed by atoms with van der Waals surface area (Å²) in [7, 11) is 0. The normalized spacial score (nSPS) is 11.9. The lowest BCUT2D eigenvalue weighted by atomic mass is 10.1. The van der Waals surface area contributed by atoms with E-state index in [0.29, 0.717) is 23.9 Å². The molecule has 0 radical (unpaired) electrons. The molecule has 0 spiro atoms. The third-order valence-corrected chi connectivity index (χ3v) is 3.64. The van der Waals surface area contributed by atoms with Crippen LogP contribution < -0.4 is 11.5 Å². The fraction of sp³-hybridized carbons (Fsp3) is 0.222. The number of nitrogens with two attached hydrogens (primary N) is 2. The van der Waals surface area contributed by atoms with Crippen molar-refractivity contribution in [2.75, 3.05) is 12.3 Å². The van der Waals surface area contributed by atoms with Crippen LogP contribution in [-0.2, 0) is 4.74 Å². The minimum atomic E-state index is 0.472. The highest BCUT2D eigenvalue weighted by atomic mass is 16.5. The predicted molar refractivity (Wildman–Crippen MR) is 101 cm³/mol. The van der Waals surface area contributed by atoms with Gasteiger partial charge in [0.15, 0.2) is 5.84 Å². The molecule has 126 valence electrons. The second-order valence-electron chi connectivity index (χ2n) is 5.32. The fourth-order valence-electron chi connectivity index (χ4n) is 2.35. The third kappa shape index (κ3) is 3.65. The van der Waals surface area contributed by atoms with Gasteiger partial charge in [-0.25, -0.2) is 9.98 Å². The topological polar surface area (TPSA) is 102 Å². The molecule has 2 rings (SSSR count). The number of hydrogen-bond donors (Lipinski definition) is 3. The lowest BCUT2D eigenvalue weighted by Gasteiger charge is -2.07. The van der Waals surface area contributed by atoms with Gasteiger partial charge in [-0.15, -0.1) is 0 Å². The summed E-state index contributed by atoms with van der Waals surface area (Å²) in [6, 6.07) is 5.56. The molecule has 6 heteroatoms. The number of anilines is 1. The molecule has 0 saturated heterocycles. The van der Waals surface area contributed by atoms with Gasteiger partial charge >= 0.3 is 0 Å². The van der Waals surface area contributed by atoms with E-state index in [2.05, 4.69) is 21.5 Å². The highest BCUT2D eigenvalue weighted by Gasteiger charge is 2.15. The van der Waals surface area contributed by atoms with Crippen LogP contribution in [0.4, 0.5) is 11.4 Å². The smallest absolute Gasteiger partial charge is 0.178 e. The summed E-state index contributed by atoms with van der Waals surface area (Å²) in [5.41, 5.74) is 16.3. The average Bonchev–Trinajstić information content (AvgIpc) is 2.92. The number of aryl methyl sites for hydroxylation is 1. The Morgan fingerprint density at radius 3 is 2.79 bits per heavy atom. The number of ether oxygens (including phenoxy) is 1. The molecule has 2 aromatic rings. The number of amidine groups is 1. The molecule has 0 saturated carbocycles. The fourth-order valence-corrected chi connectivity index (χ4v) is 2.35. The van der Waals surface area contributed by atoms with E-state index in [4.69, 9.17) is 16.2 Å². The van der Waals surface area contributed by atoms with Crippen LogP contribution in [0.1, 0.15) is 29.3 Å². The van der Waals surface area contributed by atoms with Gasteiger partial charge in [-0.05, 0) is 44.0 Å². The van der Waals surface area contributed by atoms with Gasteiger partial charge in [0.1, 0.15) is 5.76 Å². The van der Waals surface area contributed by atoms with E-state index in [1.807, 2.05) is 39.1 Å². The third-order valence-electron chi connectivity index (χ3n) is 3.64. The summed E-state index contributed by atoms with van der Waals surface area (Å²) in [4.78, 5) is 12.0. The van der Waals surface area contributed by atoms with Crippen molar-refractivity contribution >= 4 is 29.3 Å². The van der Waals surface area contributed by atoms with E-state index in [1.165, 1.54) is 6.34 Å². The van der Waals surface area contributed by atoms with Crippen LogP contribution in [0.2, 0.25) is 0 Å². The predicted octanol–water partition coefficient (Wildman–Crippen LogP) is 3.29. The van der Waals surface area contributed by atoms with E-state index in [1.54, 1.807) is 6.07 Å². The maximum atomic E-state index is 5.85. The molecule has 24 heavy (non-hydrogen) atoms. The number of aromatic amines is 1. The van der Waals surface area contributed by atoms with E-state index in [-0.39, 0.29) is 0 Å². The summed E-state index contributed by atoms with van der Waals surface area (Å²) in [5.74, 6) is 1.08. The molecule has 0 unspecified atom stereocenters. The molecular formula is C18H23N5O. The quantitative estimate of drug-likeness (QED) is 0.340. The molecule has 0 aliphatic rings. The van der Waals surface area contributed by atoms with Gasteiger partial charge < -0.3 is 21.2 Å². The van der Waals surface area contributed by atoms with Crippen LogP contribution in [0.3, 0.4) is 0 Å². The Morgan fingerprint density at radius 1 is 1.38 bits per heavy atom. The molecule has 0 atom stereocenters. The number of nitrogens with one attached hydrogen (secondary N) is 1. The number of aliphatic imine (C=N–C) groups is 2.